The second-order valence-corrected chi connectivity index (χ2v) is 3.31. The van der Waals surface area contributed by atoms with Gasteiger partial charge in [-0.3, -0.25) is 0 Å². The smallest absolute Gasteiger partial charge is 0.0574 e. The highest BCUT2D eigenvalue weighted by Crippen LogP contribution is 2.24. The van der Waals surface area contributed by atoms with E-state index in [2.05, 4.69) is 13.0 Å². The molecular weight excluding hydrogens is 124 g/mol. The Morgan fingerprint density at radius 3 is 2.80 bits per heavy atom. The molecule has 0 saturated carbocycles. The second kappa shape index (κ2) is 3.20. The van der Waals surface area contributed by atoms with Crippen molar-refractivity contribution in [3.8, 4) is 0 Å². The number of hydrogen-bond acceptors (Lipinski definition) is 1. The van der Waals surface area contributed by atoms with Crippen molar-refractivity contribution in [1.82, 2.24) is 0 Å². The van der Waals surface area contributed by atoms with Gasteiger partial charge in [0, 0.05) is 5.92 Å². The molecule has 0 aromatic heterocycles. The Kier molecular flexibility index (Phi) is 2.50. The van der Waals surface area contributed by atoms with Crippen LogP contribution in [-0.2, 0) is 0 Å². The fourth-order valence-corrected chi connectivity index (χ4v) is 1.53. The average molecular weight is 140 g/mol. The molecule has 0 aromatic carbocycles. The first kappa shape index (κ1) is 7.80. The highest BCUT2D eigenvalue weighted by molar-refractivity contribution is 5.05. The van der Waals surface area contributed by atoms with E-state index in [-0.39, 0.29) is 6.10 Å². The standard InChI is InChI=1S/C9H16O/c1-7-4-3-5-9(6-7)8(2)10/h6,8-10H,3-5H2,1-2H3/t8-,9-/m0/s1. The highest BCUT2D eigenvalue weighted by Gasteiger charge is 2.15. The molecule has 0 aliphatic heterocycles. The summed E-state index contributed by atoms with van der Waals surface area (Å²) < 4.78 is 0. The Bertz CT molecular complexity index is 136. The van der Waals surface area contributed by atoms with Crippen LogP contribution in [0.5, 0.6) is 0 Å². The van der Waals surface area contributed by atoms with E-state index in [9.17, 15) is 5.11 Å². The molecule has 0 heterocycles. The fourth-order valence-electron chi connectivity index (χ4n) is 1.53. The van der Waals surface area contributed by atoms with Crippen LogP contribution in [0.4, 0.5) is 0 Å². The van der Waals surface area contributed by atoms with Gasteiger partial charge < -0.3 is 5.11 Å². The van der Waals surface area contributed by atoms with Gasteiger partial charge in [-0.15, -0.1) is 0 Å². The summed E-state index contributed by atoms with van der Waals surface area (Å²) in [4.78, 5) is 0. The molecule has 0 amide bonds. The molecule has 0 bridgehead atoms. The van der Waals surface area contributed by atoms with Crippen LogP contribution in [-0.4, -0.2) is 11.2 Å². The van der Waals surface area contributed by atoms with Crippen LogP contribution in [0.15, 0.2) is 11.6 Å². The molecule has 0 spiro atoms. The van der Waals surface area contributed by atoms with Crippen LogP contribution in [0.1, 0.15) is 33.1 Å². The lowest BCUT2D eigenvalue weighted by Gasteiger charge is -2.21. The molecule has 10 heavy (non-hydrogen) atoms. The third kappa shape index (κ3) is 1.84. The van der Waals surface area contributed by atoms with E-state index >= 15 is 0 Å². The van der Waals surface area contributed by atoms with Gasteiger partial charge in [0.05, 0.1) is 6.10 Å². The van der Waals surface area contributed by atoms with Crippen molar-refractivity contribution in [2.45, 2.75) is 39.2 Å². The summed E-state index contributed by atoms with van der Waals surface area (Å²) in [5.74, 6) is 0.425. The number of aliphatic hydroxyl groups excluding tert-OH is 1. The van der Waals surface area contributed by atoms with Crippen LogP contribution in [0.3, 0.4) is 0 Å². The summed E-state index contributed by atoms with van der Waals surface area (Å²) >= 11 is 0. The molecule has 1 N–H and O–H groups in total. The largest absolute Gasteiger partial charge is 0.393 e. The summed E-state index contributed by atoms with van der Waals surface area (Å²) in [6, 6.07) is 0. The fraction of sp³-hybridized carbons (Fsp3) is 0.778. The predicted octanol–water partition coefficient (Wildman–Crippen LogP) is 2.11. The molecule has 0 saturated heterocycles. The second-order valence-electron chi connectivity index (χ2n) is 3.31. The molecule has 1 heteroatoms. The zero-order chi connectivity index (χ0) is 7.56. The lowest BCUT2D eigenvalue weighted by molar-refractivity contribution is 0.140. The van der Waals surface area contributed by atoms with E-state index in [1.807, 2.05) is 6.92 Å². The van der Waals surface area contributed by atoms with Gasteiger partial charge in [-0.1, -0.05) is 11.6 Å². The van der Waals surface area contributed by atoms with Gasteiger partial charge in [-0.05, 0) is 33.1 Å². The highest BCUT2D eigenvalue weighted by atomic mass is 16.3. The molecule has 1 nitrogen and oxygen atoms in total. The Morgan fingerprint density at radius 1 is 1.70 bits per heavy atom. The van der Waals surface area contributed by atoms with Gasteiger partial charge in [0.15, 0.2) is 0 Å². The van der Waals surface area contributed by atoms with Gasteiger partial charge in [-0.25, -0.2) is 0 Å². The first-order valence-electron chi connectivity index (χ1n) is 4.05. The lowest BCUT2D eigenvalue weighted by atomic mass is 9.88. The van der Waals surface area contributed by atoms with Gasteiger partial charge in [0.25, 0.3) is 0 Å². The van der Waals surface area contributed by atoms with Gasteiger partial charge >= 0.3 is 0 Å². The van der Waals surface area contributed by atoms with E-state index in [0.717, 1.165) is 6.42 Å². The number of allylic oxidation sites excluding steroid dienone is 1. The van der Waals surface area contributed by atoms with E-state index in [0.29, 0.717) is 5.92 Å². The van der Waals surface area contributed by atoms with Gasteiger partial charge in [0.2, 0.25) is 0 Å². The Hall–Kier alpha value is -0.300. The zero-order valence-electron chi connectivity index (χ0n) is 6.80. The third-order valence-corrected chi connectivity index (χ3v) is 2.23. The molecule has 0 fully saturated rings. The first-order valence-corrected chi connectivity index (χ1v) is 4.05. The van der Waals surface area contributed by atoms with Crippen molar-refractivity contribution in [1.29, 1.82) is 0 Å². The van der Waals surface area contributed by atoms with Crippen molar-refractivity contribution >= 4 is 0 Å². The van der Waals surface area contributed by atoms with Crippen LogP contribution in [0, 0.1) is 5.92 Å². The van der Waals surface area contributed by atoms with Crippen molar-refractivity contribution in [3.63, 3.8) is 0 Å². The molecule has 0 unspecified atom stereocenters. The summed E-state index contributed by atoms with van der Waals surface area (Å²) in [5.41, 5.74) is 1.44. The van der Waals surface area contributed by atoms with E-state index in [1.54, 1.807) is 0 Å². The monoisotopic (exact) mass is 140 g/mol. The number of rotatable bonds is 1. The minimum Gasteiger partial charge on any atom is -0.393 e. The molecule has 1 rings (SSSR count). The maximum Gasteiger partial charge on any atom is 0.0574 e. The van der Waals surface area contributed by atoms with Crippen LogP contribution < -0.4 is 0 Å². The number of hydrogen-bond donors (Lipinski definition) is 1. The SMILES string of the molecule is CC1=C[C@@H]([C@H](C)O)CCC1. The topological polar surface area (TPSA) is 20.2 Å². The molecule has 58 valence electrons. The Labute approximate surface area is 62.8 Å². The molecule has 0 aromatic rings. The summed E-state index contributed by atoms with van der Waals surface area (Å²) in [6.07, 6.45) is 5.69. The molecule has 1 aliphatic rings. The summed E-state index contributed by atoms with van der Waals surface area (Å²) in [5, 5.41) is 9.25. The van der Waals surface area contributed by atoms with Crippen LogP contribution >= 0.6 is 0 Å². The molecular formula is C9H16O. The van der Waals surface area contributed by atoms with Crippen molar-refractivity contribution in [3.05, 3.63) is 11.6 Å². The lowest BCUT2D eigenvalue weighted by Crippen LogP contribution is -2.17. The van der Waals surface area contributed by atoms with Gasteiger partial charge in [0.1, 0.15) is 0 Å². The summed E-state index contributed by atoms with van der Waals surface area (Å²) in [6.45, 7) is 4.02. The normalized spacial score (nSPS) is 29.5. The zero-order valence-corrected chi connectivity index (χ0v) is 6.80. The van der Waals surface area contributed by atoms with E-state index in [1.165, 1.54) is 18.4 Å². The first-order chi connectivity index (χ1) is 4.70. The van der Waals surface area contributed by atoms with Crippen LogP contribution in [0.25, 0.3) is 0 Å². The maximum absolute atomic E-state index is 9.25. The molecule has 0 radical (unpaired) electrons. The van der Waals surface area contributed by atoms with Crippen molar-refractivity contribution < 1.29 is 5.11 Å². The van der Waals surface area contributed by atoms with Crippen molar-refractivity contribution in [2.75, 3.05) is 0 Å². The van der Waals surface area contributed by atoms with Gasteiger partial charge in [-0.2, -0.15) is 0 Å². The summed E-state index contributed by atoms with van der Waals surface area (Å²) in [7, 11) is 0. The quantitative estimate of drug-likeness (QED) is 0.553. The maximum atomic E-state index is 9.25. The number of aliphatic hydroxyl groups is 1. The average Bonchev–Trinajstić information content (AvgIpc) is 1.88. The Morgan fingerprint density at radius 2 is 2.40 bits per heavy atom. The van der Waals surface area contributed by atoms with Crippen LogP contribution in [0.2, 0.25) is 0 Å². The minimum absolute atomic E-state index is 0.157. The van der Waals surface area contributed by atoms with Crippen molar-refractivity contribution in [2.24, 2.45) is 5.92 Å². The molecule has 1 aliphatic carbocycles. The van der Waals surface area contributed by atoms with E-state index in [4.69, 9.17) is 0 Å². The minimum atomic E-state index is -0.157. The van der Waals surface area contributed by atoms with E-state index < -0.39 is 0 Å². The third-order valence-electron chi connectivity index (χ3n) is 2.23. The Balaban J connectivity index is 2.53. The predicted molar refractivity (Wildman–Crippen MR) is 42.8 cm³/mol. The molecule has 2 atom stereocenters.